The molecule has 5 heteroatoms. The van der Waals surface area contributed by atoms with Gasteiger partial charge in [-0.05, 0) is 25.1 Å². The van der Waals surface area contributed by atoms with Crippen molar-refractivity contribution in [1.29, 1.82) is 0 Å². The Balaban J connectivity index is 2.25. The summed E-state index contributed by atoms with van der Waals surface area (Å²) in [5.74, 6) is 0. The second-order valence-corrected chi connectivity index (χ2v) is 3.31. The lowest BCUT2D eigenvalue weighted by Gasteiger charge is -2.10. The average Bonchev–Trinajstić information content (AvgIpc) is 2.83. The lowest BCUT2D eigenvalue weighted by atomic mass is 10.2. The third-order valence-electron chi connectivity index (χ3n) is 2.17. The molecule has 17 heavy (non-hydrogen) atoms. The molecule has 0 saturated heterocycles. The molecule has 1 N–H and O–H groups in total. The summed E-state index contributed by atoms with van der Waals surface area (Å²) in [4.78, 5) is 11.4. The maximum atomic E-state index is 11.4. The fraction of sp³-hybridized carbons (Fsp3) is 0.167. The van der Waals surface area contributed by atoms with Gasteiger partial charge in [-0.3, -0.25) is 5.32 Å². The van der Waals surface area contributed by atoms with Crippen LogP contribution in [0.15, 0.2) is 42.7 Å². The van der Waals surface area contributed by atoms with Crippen molar-refractivity contribution in [3.63, 3.8) is 0 Å². The molecular weight excluding hydrogens is 218 g/mol. The number of anilines is 1. The molecule has 0 aliphatic heterocycles. The van der Waals surface area contributed by atoms with Gasteiger partial charge >= 0.3 is 6.09 Å². The van der Waals surface area contributed by atoms with E-state index in [1.165, 1.54) is 0 Å². The van der Waals surface area contributed by atoms with Crippen molar-refractivity contribution in [3.05, 3.63) is 42.7 Å². The molecule has 1 aromatic heterocycles. The fourth-order valence-corrected chi connectivity index (χ4v) is 1.47. The molecule has 1 heterocycles. The van der Waals surface area contributed by atoms with E-state index in [4.69, 9.17) is 4.74 Å². The third-order valence-corrected chi connectivity index (χ3v) is 2.17. The number of hydrogen-bond donors (Lipinski definition) is 1. The Morgan fingerprint density at radius 2 is 2.24 bits per heavy atom. The standard InChI is InChI=1S/C12H13N3O2/c1-2-17-12(16)14-10-6-3-4-7-11(10)15-9-5-8-13-15/h3-9H,2H2,1H3,(H,14,16). The molecule has 0 aliphatic rings. The van der Waals surface area contributed by atoms with Crippen molar-refractivity contribution in [2.45, 2.75) is 6.92 Å². The van der Waals surface area contributed by atoms with E-state index in [-0.39, 0.29) is 0 Å². The molecule has 0 bridgehead atoms. The van der Waals surface area contributed by atoms with Gasteiger partial charge in [-0.25, -0.2) is 9.48 Å². The predicted octanol–water partition coefficient (Wildman–Crippen LogP) is 2.44. The van der Waals surface area contributed by atoms with Crippen LogP contribution in [0.3, 0.4) is 0 Å². The Morgan fingerprint density at radius 3 is 2.94 bits per heavy atom. The van der Waals surface area contributed by atoms with Gasteiger partial charge in [0.25, 0.3) is 0 Å². The molecule has 1 aromatic carbocycles. The number of hydrogen-bond acceptors (Lipinski definition) is 3. The second-order valence-electron chi connectivity index (χ2n) is 3.31. The smallest absolute Gasteiger partial charge is 0.411 e. The molecule has 0 aliphatic carbocycles. The van der Waals surface area contributed by atoms with E-state index in [2.05, 4.69) is 10.4 Å². The number of carbonyl (C=O) groups excluding carboxylic acids is 1. The summed E-state index contributed by atoms with van der Waals surface area (Å²) < 4.78 is 6.52. The zero-order chi connectivity index (χ0) is 12.1. The van der Waals surface area contributed by atoms with E-state index in [0.717, 1.165) is 5.69 Å². The monoisotopic (exact) mass is 231 g/mol. The van der Waals surface area contributed by atoms with E-state index >= 15 is 0 Å². The van der Waals surface area contributed by atoms with Gasteiger partial charge in [0.2, 0.25) is 0 Å². The number of nitrogens with zero attached hydrogens (tertiary/aromatic N) is 2. The van der Waals surface area contributed by atoms with E-state index in [1.807, 2.05) is 30.5 Å². The topological polar surface area (TPSA) is 56.1 Å². The van der Waals surface area contributed by atoms with Gasteiger partial charge < -0.3 is 4.74 Å². The van der Waals surface area contributed by atoms with Gasteiger partial charge in [-0.15, -0.1) is 0 Å². The summed E-state index contributed by atoms with van der Waals surface area (Å²) in [6.07, 6.45) is 3.03. The maximum absolute atomic E-state index is 11.4. The van der Waals surface area contributed by atoms with Crippen molar-refractivity contribution < 1.29 is 9.53 Å². The molecule has 1 amide bonds. The molecule has 5 nitrogen and oxygen atoms in total. The highest BCUT2D eigenvalue weighted by Gasteiger charge is 2.07. The summed E-state index contributed by atoms with van der Waals surface area (Å²) >= 11 is 0. The van der Waals surface area contributed by atoms with Crippen LogP contribution in [0.25, 0.3) is 5.69 Å². The number of nitrogens with one attached hydrogen (secondary N) is 1. The van der Waals surface area contributed by atoms with Crippen LogP contribution in [0.5, 0.6) is 0 Å². The number of benzene rings is 1. The van der Waals surface area contributed by atoms with Crippen molar-refractivity contribution >= 4 is 11.8 Å². The molecule has 0 saturated carbocycles. The highest BCUT2D eigenvalue weighted by molar-refractivity contribution is 5.87. The summed E-state index contributed by atoms with van der Waals surface area (Å²) in [7, 11) is 0. The van der Waals surface area contributed by atoms with Crippen molar-refractivity contribution in [2.75, 3.05) is 11.9 Å². The maximum Gasteiger partial charge on any atom is 0.411 e. The van der Waals surface area contributed by atoms with E-state index in [1.54, 1.807) is 23.9 Å². The molecule has 0 unspecified atom stereocenters. The number of ether oxygens (including phenoxy) is 1. The summed E-state index contributed by atoms with van der Waals surface area (Å²) in [5.41, 5.74) is 1.46. The molecule has 0 fully saturated rings. The number of amides is 1. The average molecular weight is 231 g/mol. The lowest BCUT2D eigenvalue weighted by molar-refractivity contribution is 0.168. The number of aromatic nitrogens is 2. The Kier molecular flexibility index (Phi) is 3.40. The molecule has 0 spiro atoms. The van der Waals surface area contributed by atoms with Gasteiger partial charge in [0.05, 0.1) is 18.0 Å². The first-order chi connectivity index (χ1) is 8.31. The minimum absolute atomic E-state index is 0.343. The van der Waals surface area contributed by atoms with E-state index < -0.39 is 6.09 Å². The molecule has 2 aromatic rings. The van der Waals surface area contributed by atoms with Crippen LogP contribution in [0.1, 0.15) is 6.92 Å². The SMILES string of the molecule is CCOC(=O)Nc1ccccc1-n1cccn1. The highest BCUT2D eigenvalue weighted by atomic mass is 16.5. The van der Waals surface area contributed by atoms with Gasteiger partial charge in [0.1, 0.15) is 0 Å². The zero-order valence-electron chi connectivity index (χ0n) is 9.46. The van der Waals surface area contributed by atoms with Gasteiger partial charge in [0, 0.05) is 12.4 Å². The Labute approximate surface area is 99.0 Å². The lowest BCUT2D eigenvalue weighted by Crippen LogP contribution is -2.15. The molecule has 0 atom stereocenters. The van der Waals surface area contributed by atoms with Gasteiger partial charge in [0.15, 0.2) is 0 Å². The number of carbonyl (C=O) groups is 1. The number of para-hydroxylation sites is 2. The Bertz CT molecular complexity index is 494. The summed E-state index contributed by atoms with van der Waals surface area (Å²) in [5, 5.41) is 6.80. The first-order valence-corrected chi connectivity index (χ1v) is 5.34. The zero-order valence-corrected chi connectivity index (χ0v) is 9.46. The molecule has 0 radical (unpaired) electrons. The summed E-state index contributed by atoms with van der Waals surface area (Å²) in [6, 6.07) is 9.21. The van der Waals surface area contributed by atoms with E-state index in [0.29, 0.717) is 12.3 Å². The van der Waals surface area contributed by atoms with Crippen LogP contribution >= 0.6 is 0 Å². The predicted molar refractivity (Wildman–Crippen MR) is 64.2 cm³/mol. The van der Waals surface area contributed by atoms with Crippen LogP contribution in [-0.4, -0.2) is 22.5 Å². The van der Waals surface area contributed by atoms with Crippen molar-refractivity contribution in [1.82, 2.24) is 9.78 Å². The Hall–Kier alpha value is -2.30. The molecular formula is C12H13N3O2. The second kappa shape index (κ2) is 5.16. The largest absolute Gasteiger partial charge is 0.450 e. The van der Waals surface area contributed by atoms with Crippen LogP contribution in [0, 0.1) is 0 Å². The normalized spacial score (nSPS) is 9.94. The first kappa shape index (κ1) is 11.2. The number of rotatable bonds is 3. The highest BCUT2D eigenvalue weighted by Crippen LogP contribution is 2.18. The minimum atomic E-state index is -0.466. The fourth-order valence-electron chi connectivity index (χ4n) is 1.47. The Morgan fingerprint density at radius 1 is 1.41 bits per heavy atom. The van der Waals surface area contributed by atoms with Crippen LogP contribution < -0.4 is 5.32 Å². The van der Waals surface area contributed by atoms with Crippen LogP contribution in [0.2, 0.25) is 0 Å². The molecule has 2 rings (SSSR count). The van der Waals surface area contributed by atoms with Crippen LogP contribution in [-0.2, 0) is 4.74 Å². The van der Waals surface area contributed by atoms with Crippen LogP contribution in [0.4, 0.5) is 10.5 Å². The minimum Gasteiger partial charge on any atom is -0.450 e. The van der Waals surface area contributed by atoms with Gasteiger partial charge in [-0.2, -0.15) is 5.10 Å². The van der Waals surface area contributed by atoms with Gasteiger partial charge in [-0.1, -0.05) is 12.1 Å². The quantitative estimate of drug-likeness (QED) is 0.882. The third kappa shape index (κ3) is 2.63. The first-order valence-electron chi connectivity index (χ1n) is 5.34. The van der Waals surface area contributed by atoms with Crippen molar-refractivity contribution in [3.8, 4) is 5.69 Å². The van der Waals surface area contributed by atoms with E-state index in [9.17, 15) is 4.79 Å². The summed E-state index contributed by atoms with van der Waals surface area (Å²) in [6.45, 7) is 2.11. The molecule has 88 valence electrons. The van der Waals surface area contributed by atoms with Crippen molar-refractivity contribution in [2.24, 2.45) is 0 Å².